The quantitative estimate of drug-likeness (QED) is 0.638. The number of oxime groups is 1. The molecule has 0 N–H and O–H groups in total. The van der Waals surface area contributed by atoms with Crippen LogP contribution in [0.3, 0.4) is 0 Å². The molecule has 1 heterocycles. The normalized spacial score (nSPS) is 17.8. The van der Waals surface area contributed by atoms with Crippen LogP contribution in [-0.2, 0) is 4.84 Å². The maximum absolute atomic E-state index is 13.2. The van der Waals surface area contributed by atoms with Crippen molar-refractivity contribution in [2.75, 3.05) is 7.11 Å². The Morgan fingerprint density at radius 1 is 1.29 bits per heavy atom. The maximum atomic E-state index is 13.2. The molecule has 0 aliphatic carbocycles. The van der Waals surface area contributed by atoms with Gasteiger partial charge in [-0.25, -0.2) is 9.18 Å². The first-order valence-corrected chi connectivity index (χ1v) is 7.45. The van der Waals surface area contributed by atoms with Crippen molar-refractivity contribution >= 4 is 11.7 Å². The number of ether oxygens (including phenoxy) is 2. The van der Waals surface area contributed by atoms with Crippen molar-refractivity contribution in [3.63, 3.8) is 0 Å². The summed E-state index contributed by atoms with van der Waals surface area (Å²) in [6.07, 6.45) is 0.381. The smallest absolute Gasteiger partial charge is 0.365 e. The summed E-state index contributed by atoms with van der Waals surface area (Å²) < 4.78 is 24.1. The van der Waals surface area contributed by atoms with E-state index in [-0.39, 0.29) is 11.7 Å². The third kappa shape index (κ3) is 3.37. The van der Waals surface area contributed by atoms with Crippen molar-refractivity contribution in [3.05, 3.63) is 59.4 Å². The van der Waals surface area contributed by atoms with Gasteiger partial charge in [0.25, 0.3) is 0 Å². The standard InChI is InChI=1S/C18H16FNO4/c1-11-8-16(15-7-6-14(22-2)10-17(15)23-11)20-24-18(21)12-4-3-5-13(19)9-12/h3-7,9-11H,8H2,1-2H3/b20-16-/t11-/m0/s1. The molecule has 2 aromatic rings. The minimum atomic E-state index is -0.712. The van der Waals surface area contributed by atoms with E-state index in [9.17, 15) is 9.18 Å². The molecule has 1 aliphatic rings. The van der Waals surface area contributed by atoms with Crippen molar-refractivity contribution in [1.82, 2.24) is 0 Å². The van der Waals surface area contributed by atoms with Gasteiger partial charge in [-0.2, -0.15) is 0 Å². The Balaban J connectivity index is 1.84. The molecule has 0 spiro atoms. The highest BCUT2D eigenvalue weighted by Crippen LogP contribution is 2.31. The number of hydrogen-bond acceptors (Lipinski definition) is 5. The molecule has 0 aromatic heterocycles. The second-order valence-corrected chi connectivity index (χ2v) is 5.42. The lowest BCUT2D eigenvalue weighted by Crippen LogP contribution is -2.25. The van der Waals surface area contributed by atoms with E-state index in [0.29, 0.717) is 23.6 Å². The second kappa shape index (κ2) is 6.70. The average molecular weight is 329 g/mol. The van der Waals surface area contributed by atoms with Gasteiger partial charge in [0.1, 0.15) is 23.4 Å². The lowest BCUT2D eigenvalue weighted by Gasteiger charge is -2.24. The van der Waals surface area contributed by atoms with E-state index in [0.717, 1.165) is 11.6 Å². The molecule has 0 amide bonds. The largest absolute Gasteiger partial charge is 0.497 e. The fourth-order valence-corrected chi connectivity index (χ4v) is 2.46. The lowest BCUT2D eigenvalue weighted by molar-refractivity contribution is 0.0512. The predicted molar refractivity (Wildman–Crippen MR) is 86.1 cm³/mol. The molecule has 6 heteroatoms. The van der Waals surface area contributed by atoms with Crippen molar-refractivity contribution in [3.8, 4) is 11.5 Å². The van der Waals surface area contributed by atoms with Gasteiger partial charge in [0, 0.05) is 18.1 Å². The fraction of sp³-hybridized carbons (Fsp3) is 0.222. The predicted octanol–water partition coefficient (Wildman–Crippen LogP) is 3.57. The monoisotopic (exact) mass is 329 g/mol. The number of carbonyl (C=O) groups is 1. The molecule has 3 rings (SSSR count). The van der Waals surface area contributed by atoms with Gasteiger partial charge >= 0.3 is 5.97 Å². The number of benzene rings is 2. The minimum Gasteiger partial charge on any atom is -0.497 e. The van der Waals surface area contributed by atoms with Gasteiger partial charge in [0.05, 0.1) is 18.4 Å². The first-order chi connectivity index (χ1) is 11.6. The molecule has 1 aliphatic heterocycles. The van der Waals surface area contributed by atoms with E-state index in [2.05, 4.69) is 5.16 Å². The molecule has 2 aromatic carbocycles. The van der Waals surface area contributed by atoms with Gasteiger partial charge in [-0.15, -0.1) is 0 Å². The van der Waals surface area contributed by atoms with Crippen LogP contribution in [0.2, 0.25) is 0 Å². The Kier molecular flexibility index (Phi) is 4.46. The number of hydrogen-bond donors (Lipinski definition) is 0. The summed E-state index contributed by atoms with van der Waals surface area (Å²) in [6, 6.07) is 10.6. The van der Waals surface area contributed by atoms with E-state index in [1.165, 1.54) is 18.2 Å². The summed E-state index contributed by atoms with van der Waals surface area (Å²) >= 11 is 0. The van der Waals surface area contributed by atoms with Crippen LogP contribution in [0.1, 0.15) is 29.3 Å². The van der Waals surface area contributed by atoms with Gasteiger partial charge in [-0.3, -0.25) is 0 Å². The lowest BCUT2D eigenvalue weighted by atomic mass is 10.0. The molecule has 0 radical (unpaired) electrons. The highest BCUT2D eigenvalue weighted by molar-refractivity contribution is 6.04. The van der Waals surface area contributed by atoms with Crippen LogP contribution < -0.4 is 9.47 Å². The van der Waals surface area contributed by atoms with Crippen molar-refractivity contribution in [1.29, 1.82) is 0 Å². The molecule has 24 heavy (non-hydrogen) atoms. The molecule has 5 nitrogen and oxygen atoms in total. The Morgan fingerprint density at radius 3 is 2.88 bits per heavy atom. The van der Waals surface area contributed by atoms with Crippen LogP contribution in [0.4, 0.5) is 4.39 Å². The molecule has 0 saturated heterocycles. The molecule has 124 valence electrons. The molecular formula is C18H16FNO4. The Labute approximate surface area is 138 Å². The zero-order valence-electron chi connectivity index (χ0n) is 13.3. The number of rotatable bonds is 3. The van der Waals surface area contributed by atoms with Crippen molar-refractivity contribution in [2.45, 2.75) is 19.4 Å². The zero-order valence-corrected chi connectivity index (χ0v) is 13.3. The summed E-state index contributed by atoms with van der Waals surface area (Å²) in [5.74, 6) is 0.0676. The Bertz CT molecular complexity index is 803. The topological polar surface area (TPSA) is 57.1 Å². The molecule has 0 fully saturated rings. The van der Waals surface area contributed by atoms with E-state index in [1.807, 2.05) is 6.92 Å². The molecular weight excluding hydrogens is 313 g/mol. The summed E-state index contributed by atoms with van der Waals surface area (Å²) in [5, 5.41) is 3.96. The van der Waals surface area contributed by atoms with Gasteiger partial charge in [0.2, 0.25) is 0 Å². The van der Waals surface area contributed by atoms with Gasteiger partial charge < -0.3 is 14.3 Å². The van der Waals surface area contributed by atoms with E-state index in [4.69, 9.17) is 14.3 Å². The van der Waals surface area contributed by atoms with Crippen LogP contribution in [0.5, 0.6) is 11.5 Å². The van der Waals surface area contributed by atoms with Crippen LogP contribution in [-0.4, -0.2) is 24.9 Å². The number of carbonyl (C=O) groups excluding carboxylic acids is 1. The highest BCUT2D eigenvalue weighted by Gasteiger charge is 2.23. The molecule has 0 unspecified atom stereocenters. The fourth-order valence-electron chi connectivity index (χ4n) is 2.46. The number of methoxy groups -OCH3 is 1. The molecule has 0 saturated carbocycles. The van der Waals surface area contributed by atoms with Crippen molar-refractivity contribution < 1.29 is 23.5 Å². The van der Waals surface area contributed by atoms with Crippen molar-refractivity contribution in [2.24, 2.45) is 5.16 Å². The molecule has 0 bridgehead atoms. The van der Waals surface area contributed by atoms with Crippen LogP contribution in [0.15, 0.2) is 47.6 Å². The van der Waals surface area contributed by atoms with Gasteiger partial charge in [0.15, 0.2) is 0 Å². The van der Waals surface area contributed by atoms with E-state index < -0.39 is 11.8 Å². The first-order valence-electron chi connectivity index (χ1n) is 7.45. The maximum Gasteiger partial charge on any atom is 0.365 e. The summed E-state index contributed by atoms with van der Waals surface area (Å²) in [4.78, 5) is 17.0. The Morgan fingerprint density at radius 2 is 2.12 bits per heavy atom. The third-order valence-corrected chi connectivity index (χ3v) is 3.61. The van der Waals surface area contributed by atoms with Gasteiger partial charge in [-0.05, 0) is 37.3 Å². The summed E-state index contributed by atoms with van der Waals surface area (Å²) in [6.45, 7) is 1.90. The summed E-state index contributed by atoms with van der Waals surface area (Å²) in [7, 11) is 1.57. The van der Waals surface area contributed by atoms with Crippen LogP contribution >= 0.6 is 0 Å². The number of fused-ring (bicyclic) bond motifs is 1. The molecule has 1 atom stereocenters. The van der Waals surface area contributed by atoms with Gasteiger partial charge in [-0.1, -0.05) is 11.2 Å². The first kappa shape index (κ1) is 16.0. The van der Waals surface area contributed by atoms with E-state index in [1.54, 1.807) is 25.3 Å². The van der Waals surface area contributed by atoms with E-state index >= 15 is 0 Å². The minimum absolute atomic E-state index is 0.106. The Hall–Kier alpha value is -2.89. The third-order valence-electron chi connectivity index (χ3n) is 3.61. The SMILES string of the molecule is COc1ccc2c(c1)O[C@@H](C)C/C2=N/OC(=O)c1cccc(F)c1. The average Bonchev–Trinajstić information content (AvgIpc) is 2.58. The second-order valence-electron chi connectivity index (χ2n) is 5.42. The zero-order chi connectivity index (χ0) is 17.1. The number of nitrogens with zero attached hydrogens (tertiary/aromatic N) is 1. The number of halogens is 1. The summed E-state index contributed by atoms with van der Waals surface area (Å²) in [5.41, 5.74) is 1.44. The highest BCUT2D eigenvalue weighted by atomic mass is 19.1. The van der Waals surface area contributed by atoms with Crippen LogP contribution in [0.25, 0.3) is 0 Å². The van der Waals surface area contributed by atoms with Crippen LogP contribution in [0, 0.1) is 5.82 Å².